The predicted octanol–water partition coefficient (Wildman–Crippen LogP) is 6.81. The molecule has 3 aromatic carbocycles. The van der Waals surface area contributed by atoms with Crippen LogP contribution in [-0.4, -0.2) is 17.0 Å². The van der Waals surface area contributed by atoms with E-state index >= 15 is 0 Å². The summed E-state index contributed by atoms with van der Waals surface area (Å²) < 4.78 is 16.2. The minimum absolute atomic E-state index is 0.142. The monoisotopic (exact) mass is 472 g/mol. The molecule has 158 valence electrons. The van der Waals surface area contributed by atoms with Crippen molar-refractivity contribution in [3.63, 3.8) is 0 Å². The van der Waals surface area contributed by atoms with E-state index in [9.17, 15) is 9.18 Å². The number of thioether (sulfide) groups is 1. The normalized spacial score (nSPS) is 11.1. The largest absolute Gasteiger partial charge is 0.350 e. The van der Waals surface area contributed by atoms with Crippen molar-refractivity contribution in [2.45, 2.75) is 17.2 Å². The third-order valence-corrected chi connectivity index (χ3v) is 6.61. The van der Waals surface area contributed by atoms with Gasteiger partial charge in [0.15, 0.2) is 0 Å². The molecular formula is C24H19Cl2FN2OS. The van der Waals surface area contributed by atoms with Crippen LogP contribution >= 0.6 is 35.0 Å². The molecule has 0 spiro atoms. The van der Waals surface area contributed by atoms with Gasteiger partial charge >= 0.3 is 0 Å². The Hall–Kier alpha value is -2.47. The Balaban J connectivity index is 1.46. The first kappa shape index (κ1) is 21.8. The van der Waals surface area contributed by atoms with Gasteiger partial charge in [-0.05, 0) is 42.5 Å². The molecule has 0 bridgehead atoms. The van der Waals surface area contributed by atoms with Crippen molar-refractivity contribution < 1.29 is 9.18 Å². The van der Waals surface area contributed by atoms with E-state index in [4.69, 9.17) is 23.2 Å². The molecule has 0 saturated carbocycles. The summed E-state index contributed by atoms with van der Waals surface area (Å²) in [6.45, 7) is 1.09. The number of amides is 1. The molecule has 4 rings (SSSR count). The summed E-state index contributed by atoms with van der Waals surface area (Å²) in [5.41, 5.74) is 2.13. The Morgan fingerprint density at radius 3 is 2.55 bits per heavy atom. The summed E-state index contributed by atoms with van der Waals surface area (Å²) in [6.07, 6.45) is 2.04. The van der Waals surface area contributed by atoms with E-state index in [1.807, 2.05) is 30.5 Å². The molecule has 0 aliphatic rings. The van der Waals surface area contributed by atoms with Crippen molar-refractivity contribution >= 4 is 51.8 Å². The number of hydrogen-bond donors (Lipinski definition) is 1. The average molecular weight is 473 g/mol. The summed E-state index contributed by atoms with van der Waals surface area (Å²) in [7, 11) is 0. The highest BCUT2D eigenvalue weighted by molar-refractivity contribution is 7.98. The van der Waals surface area contributed by atoms with Crippen LogP contribution < -0.4 is 5.32 Å². The van der Waals surface area contributed by atoms with Crippen molar-refractivity contribution in [2.24, 2.45) is 0 Å². The van der Waals surface area contributed by atoms with Gasteiger partial charge in [0.25, 0.3) is 5.91 Å². The fraction of sp³-hybridized carbons (Fsp3) is 0.125. The van der Waals surface area contributed by atoms with Gasteiger partial charge in [-0.2, -0.15) is 0 Å². The molecule has 0 radical (unpaired) electrons. The molecule has 4 aromatic rings. The van der Waals surface area contributed by atoms with E-state index in [-0.39, 0.29) is 11.7 Å². The minimum atomic E-state index is -0.298. The zero-order valence-corrected chi connectivity index (χ0v) is 18.8. The van der Waals surface area contributed by atoms with Gasteiger partial charge in [-0.3, -0.25) is 4.79 Å². The molecule has 3 nitrogen and oxygen atoms in total. The van der Waals surface area contributed by atoms with Crippen LogP contribution in [-0.2, 0) is 12.3 Å². The van der Waals surface area contributed by atoms with Crippen LogP contribution in [0, 0.1) is 5.82 Å². The molecule has 1 amide bonds. The van der Waals surface area contributed by atoms with Crippen molar-refractivity contribution in [3.05, 3.63) is 99.9 Å². The molecule has 7 heteroatoms. The predicted molar refractivity (Wildman–Crippen MR) is 127 cm³/mol. The molecule has 0 unspecified atom stereocenters. The lowest BCUT2D eigenvalue weighted by molar-refractivity contribution is 0.0952. The van der Waals surface area contributed by atoms with Crippen molar-refractivity contribution in [1.82, 2.24) is 9.88 Å². The van der Waals surface area contributed by atoms with E-state index in [0.29, 0.717) is 40.0 Å². The Bertz CT molecular complexity index is 1200. The SMILES string of the molecule is O=C(NCCn1cc(SCc2c(F)cccc2Cl)c2ccccc21)c1ccc(Cl)cc1. The molecule has 0 fully saturated rings. The second kappa shape index (κ2) is 9.77. The molecule has 0 aliphatic carbocycles. The topological polar surface area (TPSA) is 34.0 Å². The number of rotatable bonds is 7. The van der Waals surface area contributed by atoms with Crippen LogP contribution in [0.25, 0.3) is 10.9 Å². The number of aromatic nitrogens is 1. The quantitative estimate of drug-likeness (QED) is 0.299. The number of para-hydroxylation sites is 1. The number of carbonyl (C=O) groups is 1. The van der Waals surface area contributed by atoms with Gasteiger partial charge in [-0.1, -0.05) is 47.5 Å². The van der Waals surface area contributed by atoms with Crippen LogP contribution in [0.15, 0.2) is 77.8 Å². The molecule has 0 atom stereocenters. The Morgan fingerprint density at radius 1 is 1.00 bits per heavy atom. The van der Waals surface area contributed by atoms with Crippen molar-refractivity contribution in [1.29, 1.82) is 0 Å². The molecular weight excluding hydrogens is 454 g/mol. The first-order chi connectivity index (χ1) is 15.0. The summed E-state index contributed by atoms with van der Waals surface area (Å²) >= 11 is 13.6. The lowest BCUT2D eigenvalue weighted by Gasteiger charge is -2.08. The maximum Gasteiger partial charge on any atom is 0.251 e. The van der Waals surface area contributed by atoms with E-state index < -0.39 is 0 Å². The smallest absolute Gasteiger partial charge is 0.251 e. The zero-order chi connectivity index (χ0) is 21.8. The summed E-state index contributed by atoms with van der Waals surface area (Å²) in [5, 5.41) is 5.05. The number of nitrogens with zero attached hydrogens (tertiary/aromatic N) is 1. The summed E-state index contributed by atoms with van der Waals surface area (Å²) in [4.78, 5) is 13.4. The van der Waals surface area contributed by atoms with Gasteiger partial charge in [0, 0.05) is 62.0 Å². The average Bonchev–Trinajstić information content (AvgIpc) is 3.12. The maximum atomic E-state index is 14.1. The second-order valence-corrected chi connectivity index (χ2v) is 8.82. The van der Waals surface area contributed by atoms with Crippen LogP contribution in [0.4, 0.5) is 4.39 Å². The van der Waals surface area contributed by atoms with E-state index in [1.54, 1.807) is 48.2 Å². The fourth-order valence-electron chi connectivity index (χ4n) is 3.33. The number of nitrogens with one attached hydrogen (secondary N) is 1. The van der Waals surface area contributed by atoms with Gasteiger partial charge < -0.3 is 9.88 Å². The van der Waals surface area contributed by atoms with Gasteiger partial charge in [0.2, 0.25) is 0 Å². The molecule has 1 N–H and O–H groups in total. The van der Waals surface area contributed by atoms with Crippen LogP contribution in [0.2, 0.25) is 10.0 Å². The minimum Gasteiger partial charge on any atom is -0.350 e. The summed E-state index contributed by atoms with van der Waals surface area (Å²) in [5.74, 6) is -0.00197. The van der Waals surface area contributed by atoms with Crippen LogP contribution in [0.1, 0.15) is 15.9 Å². The highest BCUT2D eigenvalue weighted by atomic mass is 35.5. The number of halogens is 3. The fourth-order valence-corrected chi connectivity index (χ4v) is 4.88. The second-order valence-electron chi connectivity index (χ2n) is 6.96. The van der Waals surface area contributed by atoms with E-state index in [1.165, 1.54) is 6.07 Å². The van der Waals surface area contributed by atoms with Gasteiger partial charge in [0.1, 0.15) is 5.82 Å². The Kier molecular flexibility index (Phi) is 6.86. The molecule has 1 aromatic heterocycles. The standard InChI is InChI=1S/C24H19Cl2FN2OS/c25-17-10-8-16(9-11-17)24(30)28-12-13-29-14-23(18-4-1-2-7-22(18)29)31-15-19-20(26)5-3-6-21(19)27/h1-11,14H,12-13,15H2,(H,28,30). The van der Waals surface area contributed by atoms with Gasteiger partial charge in [-0.15, -0.1) is 11.8 Å². The maximum absolute atomic E-state index is 14.1. The van der Waals surface area contributed by atoms with Gasteiger partial charge in [-0.25, -0.2) is 4.39 Å². The van der Waals surface area contributed by atoms with Crippen molar-refractivity contribution in [2.75, 3.05) is 6.54 Å². The van der Waals surface area contributed by atoms with Crippen LogP contribution in [0.5, 0.6) is 0 Å². The lowest BCUT2D eigenvalue weighted by Crippen LogP contribution is -2.27. The number of hydrogen-bond acceptors (Lipinski definition) is 2. The third kappa shape index (κ3) is 5.06. The first-order valence-corrected chi connectivity index (χ1v) is 11.4. The lowest BCUT2D eigenvalue weighted by atomic mass is 10.2. The van der Waals surface area contributed by atoms with Gasteiger partial charge in [0.05, 0.1) is 0 Å². The Labute approximate surface area is 194 Å². The molecule has 0 aliphatic heterocycles. The molecule has 1 heterocycles. The van der Waals surface area contributed by atoms with Crippen LogP contribution in [0.3, 0.4) is 0 Å². The van der Waals surface area contributed by atoms with E-state index in [0.717, 1.165) is 15.8 Å². The zero-order valence-electron chi connectivity index (χ0n) is 16.4. The number of benzene rings is 3. The highest BCUT2D eigenvalue weighted by Gasteiger charge is 2.12. The Morgan fingerprint density at radius 2 is 1.77 bits per heavy atom. The molecule has 0 saturated heterocycles. The number of carbonyl (C=O) groups excluding carboxylic acids is 1. The van der Waals surface area contributed by atoms with E-state index in [2.05, 4.69) is 9.88 Å². The number of fused-ring (bicyclic) bond motifs is 1. The van der Waals surface area contributed by atoms with Crippen molar-refractivity contribution in [3.8, 4) is 0 Å². The summed E-state index contributed by atoms with van der Waals surface area (Å²) in [6, 6.07) is 19.6. The molecule has 31 heavy (non-hydrogen) atoms. The third-order valence-electron chi connectivity index (χ3n) is 4.93. The first-order valence-electron chi connectivity index (χ1n) is 9.70. The highest BCUT2D eigenvalue weighted by Crippen LogP contribution is 2.34.